The van der Waals surface area contributed by atoms with E-state index in [1.807, 2.05) is 0 Å². The van der Waals surface area contributed by atoms with E-state index < -0.39 is 0 Å². The summed E-state index contributed by atoms with van der Waals surface area (Å²) in [5, 5.41) is 5.76. The quantitative estimate of drug-likeness (QED) is 0.865. The number of carbonyl (C=O) groups is 2. The lowest BCUT2D eigenvalue weighted by molar-refractivity contribution is 0.0922. The maximum atomic E-state index is 12.9. The molecule has 1 saturated carbocycles. The highest BCUT2D eigenvalue weighted by Gasteiger charge is 2.18. The molecular weight excluding hydrogens is 333 g/mol. The first kappa shape index (κ1) is 18.0. The van der Waals surface area contributed by atoms with Gasteiger partial charge in [0.2, 0.25) is 0 Å². The first-order valence-corrected chi connectivity index (χ1v) is 8.91. The number of aromatic nitrogens is 1. The van der Waals surface area contributed by atoms with Gasteiger partial charge in [-0.2, -0.15) is 0 Å². The molecule has 1 aliphatic carbocycles. The summed E-state index contributed by atoms with van der Waals surface area (Å²) in [4.78, 5) is 28.7. The van der Waals surface area contributed by atoms with Crippen LogP contribution >= 0.6 is 0 Å². The van der Waals surface area contributed by atoms with Gasteiger partial charge in [-0.15, -0.1) is 0 Å². The SMILES string of the molecule is O=C(NCc1ccc(F)cc1)c1ccnc(C(=O)NC2CCCCC2)c1. The van der Waals surface area contributed by atoms with Crippen molar-refractivity contribution in [2.45, 2.75) is 44.7 Å². The van der Waals surface area contributed by atoms with Gasteiger partial charge >= 0.3 is 0 Å². The van der Waals surface area contributed by atoms with Crippen LogP contribution in [0.25, 0.3) is 0 Å². The highest BCUT2D eigenvalue weighted by molar-refractivity contribution is 5.98. The lowest BCUT2D eigenvalue weighted by atomic mass is 9.95. The molecule has 0 aliphatic heterocycles. The zero-order chi connectivity index (χ0) is 18.4. The molecule has 1 heterocycles. The Morgan fingerprint density at radius 1 is 1.04 bits per heavy atom. The van der Waals surface area contributed by atoms with Crippen LogP contribution in [0.4, 0.5) is 4.39 Å². The average Bonchev–Trinajstić information content (AvgIpc) is 2.68. The van der Waals surface area contributed by atoms with Gasteiger partial charge in [0, 0.05) is 24.3 Å². The summed E-state index contributed by atoms with van der Waals surface area (Å²) < 4.78 is 12.9. The van der Waals surface area contributed by atoms with E-state index in [0.717, 1.165) is 31.2 Å². The van der Waals surface area contributed by atoms with Crippen LogP contribution in [0.15, 0.2) is 42.6 Å². The maximum Gasteiger partial charge on any atom is 0.270 e. The molecule has 1 aliphatic rings. The summed E-state index contributed by atoms with van der Waals surface area (Å²) in [5.41, 5.74) is 1.41. The van der Waals surface area contributed by atoms with Crippen molar-refractivity contribution in [3.63, 3.8) is 0 Å². The van der Waals surface area contributed by atoms with E-state index in [2.05, 4.69) is 15.6 Å². The average molecular weight is 355 g/mol. The molecule has 2 amide bonds. The van der Waals surface area contributed by atoms with Crippen molar-refractivity contribution in [1.82, 2.24) is 15.6 Å². The molecule has 2 aromatic rings. The van der Waals surface area contributed by atoms with Gasteiger partial charge in [-0.05, 0) is 42.7 Å². The van der Waals surface area contributed by atoms with Crippen molar-refractivity contribution in [1.29, 1.82) is 0 Å². The summed E-state index contributed by atoms with van der Waals surface area (Å²) in [6, 6.07) is 9.18. The van der Waals surface area contributed by atoms with E-state index in [-0.39, 0.29) is 35.9 Å². The third-order valence-electron chi connectivity index (χ3n) is 4.56. The molecule has 136 valence electrons. The molecule has 0 saturated heterocycles. The number of hydrogen-bond acceptors (Lipinski definition) is 3. The van der Waals surface area contributed by atoms with Crippen LogP contribution in [0, 0.1) is 5.82 Å². The van der Waals surface area contributed by atoms with E-state index >= 15 is 0 Å². The van der Waals surface area contributed by atoms with Crippen molar-refractivity contribution >= 4 is 11.8 Å². The number of halogens is 1. The predicted molar refractivity (Wildman–Crippen MR) is 96.1 cm³/mol. The molecule has 2 N–H and O–H groups in total. The normalized spacial score (nSPS) is 14.7. The van der Waals surface area contributed by atoms with Gasteiger partial charge in [-0.1, -0.05) is 31.4 Å². The second-order valence-corrected chi connectivity index (χ2v) is 6.55. The molecule has 1 fully saturated rings. The van der Waals surface area contributed by atoms with Gasteiger partial charge < -0.3 is 10.6 Å². The lowest BCUT2D eigenvalue weighted by Gasteiger charge is -2.22. The van der Waals surface area contributed by atoms with Crippen LogP contribution in [-0.2, 0) is 6.54 Å². The first-order valence-electron chi connectivity index (χ1n) is 8.91. The second kappa shape index (κ2) is 8.56. The van der Waals surface area contributed by atoms with Crippen molar-refractivity contribution in [3.05, 3.63) is 65.2 Å². The molecule has 5 nitrogen and oxygen atoms in total. The molecule has 3 rings (SSSR count). The topological polar surface area (TPSA) is 71.1 Å². The van der Waals surface area contributed by atoms with Gasteiger partial charge in [-0.25, -0.2) is 4.39 Å². The minimum Gasteiger partial charge on any atom is -0.348 e. The van der Waals surface area contributed by atoms with Crippen LogP contribution in [0.2, 0.25) is 0 Å². The fraction of sp³-hybridized carbons (Fsp3) is 0.350. The number of carbonyl (C=O) groups excluding carboxylic acids is 2. The fourth-order valence-corrected chi connectivity index (χ4v) is 3.09. The van der Waals surface area contributed by atoms with Crippen LogP contribution in [0.5, 0.6) is 0 Å². The van der Waals surface area contributed by atoms with Gasteiger partial charge in [-0.3, -0.25) is 14.6 Å². The standard InChI is InChI=1S/C20H22FN3O2/c21-16-8-6-14(7-9-16)13-23-19(25)15-10-11-22-18(12-15)20(26)24-17-4-2-1-3-5-17/h6-12,17H,1-5,13H2,(H,23,25)(H,24,26). The van der Waals surface area contributed by atoms with E-state index in [0.29, 0.717) is 5.56 Å². The summed E-state index contributed by atoms with van der Waals surface area (Å²) in [6.45, 7) is 0.283. The number of nitrogens with one attached hydrogen (secondary N) is 2. The smallest absolute Gasteiger partial charge is 0.270 e. The molecule has 0 spiro atoms. The van der Waals surface area contributed by atoms with Gasteiger partial charge in [0.05, 0.1) is 0 Å². The highest BCUT2D eigenvalue weighted by Crippen LogP contribution is 2.17. The predicted octanol–water partition coefficient (Wildman–Crippen LogP) is 3.21. The van der Waals surface area contributed by atoms with E-state index in [9.17, 15) is 14.0 Å². The zero-order valence-corrected chi connectivity index (χ0v) is 14.5. The van der Waals surface area contributed by atoms with E-state index in [4.69, 9.17) is 0 Å². The molecule has 0 atom stereocenters. The van der Waals surface area contributed by atoms with Crippen molar-refractivity contribution in [2.75, 3.05) is 0 Å². The molecule has 0 bridgehead atoms. The third kappa shape index (κ3) is 4.88. The van der Waals surface area contributed by atoms with Crippen molar-refractivity contribution < 1.29 is 14.0 Å². The first-order chi connectivity index (χ1) is 12.6. The molecule has 0 radical (unpaired) electrons. The van der Waals surface area contributed by atoms with Crippen molar-refractivity contribution in [3.8, 4) is 0 Å². The minimum absolute atomic E-state index is 0.189. The van der Waals surface area contributed by atoms with Gasteiger partial charge in [0.1, 0.15) is 11.5 Å². The monoisotopic (exact) mass is 355 g/mol. The second-order valence-electron chi connectivity index (χ2n) is 6.55. The number of benzene rings is 1. The Morgan fingerprint density at radius 2 is 1.77 bits per heavy atom. The number of amides is 2. The summed E-state index contributed by atoms with van der Waals surface area (Å²) in [6.07, 6.45) is 6.92. The molecule has 26 heavy (non-hydrogen) atoms. The molecule has 6 heteroatoms. The number of nitrogens with zero attached hydrogens (tertiary/aromatic N) is 1. The van der Waals surface area contributed by atoms with E-state index in [1.165, 1.54) is 30.8 Å². The van der Waals surface area contributed by atoms with Crippen LogP contribution in [0.1, 0.15) is 58.5 Å². The lowest BCUT2D eigenvalue weighted by Crippen LogP contribution is -2.36. The van der Waals surface area contributed by atoms with Crippen molar-refractivity contribution in [2.24, 2.45) is 0 Å². The maximum absolute atomic E-state index is 12.9. The van der Waals surface area contributed by atoms with Gasteiger partial charge in [0.15, 0.2) is 0 Å². The number of hydrogen-bond donors (Lipinski definition) is 2. The Kier molecular flexibility index (Phi) is 5.94. The Hall–Kier alpha value is -2.76. The Bertz CT molecular complexity index is 771. The molecule has 0 unspecified atom stereocenters. The molecule has 1 aromatic heterocycles. The van der Waals surface area contributed by atoms with Crippen LogP contribution < -0.4 is 10.6 Å². The van der Waals surface area contributed by atoms with Crippen LogP contribution in [-0.4, -0.2) is 22.8 Å². The minimum atomic E-state index is -0.317. The number of rotatable bonds is 5. The Labute approximate surface area is 152 Å². The highest BCUT2D eigenvalue weighted by atomic mass is 19.1. The summed E-state index contributed by atoms with van der Waals surface area (Å²) in [5.74, 6) is -0.864. The largest absolute Gasteiger partial charge is 0.348 e. The Balaban J connectivity index is 1.59. The van der Waals surface area contributed by atoms with E-state index in [1.54, 1.807) is 18.2 Å². The Morgan fingerprint density at radius 3 is 2.50 bits per heavy atom. The molecule has 1 aromatic carbocycles. The molecular formula is C20H22FN3O2. The third-order valence-corrected chi connectivity index (χ3v) is 4.56. The fourth-order valence-electron chi connectivity index (χ4n) is 3.09. The van der Waals surface area contributed by atoms with Crippen LogP contribution in [0.3, 0.4) is 0 Å². The zero-order valence-electron chi connectivity index (χ0n) is 14.5. The summed E-state index contributed by atoms with van der Waals surface area (Å²) in [7, 11) is 0. The van der Waals surface area contributed by atoms with Gasteiger partial charge in [0.25, 0.3) is 11.8 Å². The summed E-state index contributed by atoms with van der Waals surface area (Å²) >= 11 is 0. The number of pyridine rings is 1.